The lowest BCUT2D eigenvalue weighted by atomic mass is 10.6. The van der Waals surface area contributed by atoms with E-state index in [1.165, 1.54) is 18.3 Å². The Morgan fingerprint density at radius 2 is 2.36 bits per heavy atom. The standard InChI is InChI=1S/C6H7ClN2OS/c1-3-5(7)11-6(8-3)9-4(2)10/h1-2H3,(H,8,9,10). The fourth-order valence-electron chi connectivity index (χ4n) is 0.582. The molecule has 11 heavy (non-hydrogen) atoms. The highest BCUT2D eigenvalue weighted by atomic mass is 35.5. The number of carbonyl (C=O) groups is 1. The molecule has 0 fully saturated rings. The van der Waals surface area contributed by atoms with Crippen LogP contribution in [0, 0.1) is 6.92 Å². The van der Waals surface area contributed by atoms with Crippen LogP contribution in [0.25, 0.3) is 0 Å². The van der Waals surface area contributed by atoms with Gasteiger partial charge in [0.2, 0.25) is 5.91 Å². The molecule has 3 nitrogen and oxygen atoms in total. The Morgan fingerprint density at radius 3 is 2.73 bits per heavy atom. The van der Waals surface area contributed by atoms with Crippen molar-refractivity contribution in [3.63, 3.8) is 0 Å². The largest absolute Gasteiger partial charge is 0.302 e. The molecule has 5 heteroatoms. The summed E-state index contributed by atoms with van der Waals surface area (Å²) in [7, 11) is 0. The SMILES string of the molecule is CC(=O)Nc1nc(C)c(Cl)s1. The number of aryl methyl sites for hydroxylation is 1. The first-order valence-corrected chi connectivity index (χ1v) is 4.19. The van der Waals surface area contributed by atoms with Crippen molar-refractivity contribution in [2.45, 2.75) is 13.8 Å². The second kappa shape index (κ2) is 3.19. The fourth-order valence-corrected chi connectivity index (χ4v) is 1.58. The van der Waals surface area contributed by atoms with E-state index in [0.29, 0.717) is 9.47 Å². The van der Waals surface area contributed by atoms with E-state index in [1.807, 2.05) is 0 Å². The molecule has 0 aliphatic rings. The van der Waals surface area contributed by atoms with Crippen molar-refractivity contribution < 1.29 is 4.79 Å². The summed E-state index contributed by atoms with van der Waals surface area (Å²) in [6.07, 6.45) is 0. The van der Waals surface area contributed by atoms with E-state index in [0.717, 1.165) is 5.69 Å². The van der Waals surface area contributed by atoms with E-state index in [2.05, 4.69) is 10.3 Å². The lowest BCUT2D eigenvalue weighted by Crippen LogP contribution is -2.04. The summed E-state index contributed by atoms with van der Waals surface area (Å²) in [5.41, 5.74) is 0.750. The Labute approximate surface area is 73.4 Å². The van der Waals surface area contributed by atoms with Gasteiger partial charge in [0, 0.05) is 6.92 Å². The number of thiazole rings is 1. The molecule has 0 bridgehead atoms. The number of aromatic nitrogens is 1. The summed E-state index contributed by atoms with van der Waals surface area (Å²) >= 11 is 6.98. The summed E-state index contributed by atoms with van der Waals surface area (Å²) in [6, 6.07) is 0. The van der Waals surface area contributed by atoms with Crippen LogP contribution in [-0.4, -0.2) is 10.9 Å². The van der Waals surface area contributed by atoms with Gasteiger partial charge in [0.05, 0.1) is 5.69 Å². The Kier molecular flexibility index (Phi) is 2.46. The van der Waals surface area contributed by atoms with Crippen molar-refractivity contribution in [2.24, 2.45) is 0 Å². The average molecular weight is 191 g/mol. The second-order valence-electron chi connectivity index (χ2n) is 2.06. The van der Waals surface area contributed by atoms with Gasteiger partial charge in [0.1, 0.15) is 4.34 Å². The number of anilines is 1. The van der Waals surface area contributed by atoms with Gasteiger partial charge in [0.15, 0.2) is 5.13 Å². The van der Waals surface area contributed by atoms with Crippen molar-refractivity contribution in [3.05, 3.63) is 10.0 Å². The Morgan fingerprint density at radius 1 is 1.73 bits per heavy atom. The Balaban J connectivity index is 2.81. The molecule has 0 radical (unpaired) electrons. The van der Waals surface area contributed by atoms with Crippen LogP contribution in [0.5, 0.6) is 0 Å². The zero-order chi connectivity index (χ0) is 8.43. The molecule has 0 saturated carbocycles. The van der Waals surface area contributed by atoms with Crippen molar-refractivity contribution in [1.82, 2.24) is 4.98 Å². The van der Waals surface area contributed by atoms with Gasteiger partial charge >= 0.3 is 0 Å². The number of hydrogen-bond donors (Lipinski definition) is 1. The molecule has 1 aromatic rings. The van der Waals surface area contributed by atoms with Gasteiger partial charge in [-0.25, -0.2) is 4.98 Å². The predicted molar refractivity (Wildman–Crippen MR) is 46.2 cm³/mol. The van der Waals surface area contributed by atoms with Crippen molar-refractivity contribution >= 4 is 34.0 Å². The summed E-state index contributed by atoms with van der Waals surface area (Å²) in [6.45, 7) is 3.23. The van der Waals surface area contributed by atoms with E-state index < -0.39 is 0 Å². The minimum atomic E-state index is -0.129. The highest BCUT2D eigenvalue weighted by Crippen LogP contribution is 2.26. The molecular formula is C6H7ClN2OS. The lowest BCUT2D eigenvalue weighted by molar-refractivity contribution is -0.114. The van der Waals surface area contributed by atoms with Gasteiger partial charge in [-0.3, -0.25) is 4.79 Å². The maximum atomic E-state index is 10.5. The first-order valence-electron chi connectivity index (χ1n) is 3.00. The van der Waals surface area contributed by atoms with Crippen molar-refractivity contribution in [3.8, 4) is 0 Å². The third-order valence-electron chi connectivity index (χ3n) is 1.02. The fraction of sp³-hybridized carbons (Fsp3) is 0.333. The van der Waals surface area contributed by atoms with Crippen LogP contribution in [0.2, 0.25) is 4.34 Å². The van der Waals surface area contributed by atoms with Crippen LogP contribution in [0.1, 0.15) is 12.6 Å². The molecule has 0 spiro atoms. The first-order chi connectivity index (χ1) is 5.09. The Bertz CT molecular complexity index is 265. The number of nitrogens with zero attached hydrogens (tertiary/aromatic N) is 1. The predicted octanol–water partition coefficient (Wildman–Crippen LogP) is 2.06. The van der Waals surface area contributed by atoms with Gasteiger partial charge in [-0.15, -0.1) is 0 Å². The lowest BCUT2D eigenvalue weighted by Gasteiger charge is -1.91. The van der Waals surface area contributed by atoms with E-state index in [4.69, 9.17) is 11.6 Å². The maximum absolute atomic E-state index is 10.5. The molecule has 1 aromatic heterocycles. The number of hydrogen-bond acceptors (Lipinski definition) is 3. The molecule has 1 heterocycles. The molecular weight excluding hydrogens is 184 g/mol. The minimum absolute atomic E-state index is 0.129. The molecule has 0 aromatic carbocycles. The summed E-state index contributed by atoms with van der Waals surface area (Å²) in [5, 5.41) is 3.11. The van der Waals surface area contributed by atoms with Crippen LogP contribution in [-0.2, 0) is 4.79 Å². The van der Waals surface area contributed by atoms with Gasteiger partial charge in [0.25, 0.3) is 0 Å². The highest BCUT2D eigenvalue weighted by Gasteiger charge is 2.04. The minimum Gasteiger partial charge on any atom is -0.302 e. The molecule has 60 valence electrons. The molecule has 0 aliphatic heterocycles. The van der Waals surface area contributed by atoms with Crippen molar-refractivity contribution in [1.29, 1.82) is 0 Å². The zero-order valence-corrected chi connectivity index (χ0v) is 7.71. The normalized spacial score (nSPS) is 9.73. The van der Waals surface area contributed by atoms with Crippen LogP contribution in [0.4, 0.5) is 5.13 Å². The number of carbonyl (C=O) groups excluding carboxylic acids is 1. The third-order valence-corrected chi connectivity index (χ3v) is 2.39. The highest BCUT2D eigenvalue weighted by molar-refractivity contribution is 7.19. The van der Waals surface area contributed by atoms with Gasteiger partial charge in [-0.1, -0.05) is 22.9 Å². The van der Waals surface area contributed by atoms with Gasteiger partial charge in [-0.05, 0) is 6.92 Å². The number of halogens is 1. The first kappa shape index (κ1) is 8.49. The maximum Gasteiger partial charge on any atom is 0.223 e. The molecule has 0 aliphatic carbocycles. The Hall–Kier alpha value is -0.610. The van der Waals surface area contributed by atoms with Crippen LogP contribution in [0.3, 0.4) is 0 Å². The van der Waals surface area contributed by atoms with Gasteiger partial charge < -0.3 is 5.32 Å². The van der Waals surface area contributed by atoms with E-state index in [-0.39, 0.29) is 5.91 Å². The van der Waals surface area contributed by atoms with Gasteiger partial charge in [-0.2, -0.15) is 0 Å². The number of rotatable bonds is 1. The molecule has 1 N–H and O–H groups in total. The monoisotopic (exact) mass is 190 g/mol. The molecule has 0 unspecified atom stereocenters. The van der Waals surface area contributed by atoms with Crippen LogP contribution < -0.4 is 5.32 Å². The van der Waals surface area contributed by atoms with Crippen LogP contribution >= 0.6 is 22.9 Å². The third kappa shape index (κ3) is 2.17. The molecule has 0 saturated heterocycles. The molecule has 1 amide bonds. The second-order valence-corrected chi connectivity index (χ2v) is 3.66. The zero-order valence-electron chi connectivity index (χ0n) is 6.14. The van der Waals surface area contributed by atoms with Crippen molar-refractivity contribution in [2.75, 3.05) is 5.32 Å². The number of nitrogens with one attached hydrogen (secondary N) is 1. The number of amides is 1. The van der Waals surface area contributed by atoms with E-state index >= 15 is 0 Å². The van der Waals surface area contributed by atoms with Crippen LogP contribution in [0.15, 0.2) is 0 Å². The summed E-state index contributed by atoms with van der Waals surface area (Å²) in [4.78, 5) is 14.6. The summed E-state index contributed by atoms with van der Waals surface area (Å²) < 4.78 is 0.619. The molecule has 0 atom stereocenters. The average Bonchev–Trinajstić information content (AvgIpc) is 2.10. The molecule has 1 rings (SSSR count). The quantitative estimate of drug-likeness (QED) is 0.737. The smallest absolute Gasteiger partial charge is 0.223 e. The summed E-state index contributed by atoms with van der Waals surface area (Å²) in [5.74, 6) is -0.129. The van der Waals surface area contributed by atoms with E-state index in [9.17, 15) is 4.79 Å². The van der Waals surface area contributed by atoms with E-state index in [1.54, 1.807) is 6.92 Å². The topological polar surface area (TPSA) is 42.0 Å².